The molecular weight excluding hydrogens is 216 g/mol. The minimum Gasteiger partial charge on any atom is -0.330 e. The first-order valence-corrected chi connectivity index (χ1v) is 6.94. The Morgan fingerprint density at radius 1 is 1.50 bits per heavy atom. The average Bonchev–Trinajstić information content (AvgIpc) is 2.28. The fourth-order valence-electron chi connectivity index (χ4n) is 1.41. The average molecular weight is 238 g/mol. The van der Waals surface area contributed by atoms with Crippen molar-refractivity contribution in [2.75, 3.05) is 12.3 Å². The van der Waals surface area contributed by atoms with E-state index in [0.717, 1.165) is 18.1 Å². The topological polar surface area (TPSA) is 38.9 Å². The molecule has 0 aliphatic carbocycles. The number of aromatic nitrogens is 1. The summed E-state index contributed by atoms with van der Waals surface area (Å²) in [5.41, 5.74) is 8.05. The van der Waals surface area contributed by atoms with Crippen molar-refractivity contribution >= 4 is 11.8 Å². The van der Waals surface area contributed by atoms with E-state index in [0.29, 0.717) is 6.54 Å². The smallest absolute Gasteiger partial charge is 0.0989 e. The van der Waals surface area contributed by atoms with Crippen LogP contribution in [0.5, 0.6) is 0 Å². The molecule has 16 heavy (non-hydrogen) atoms. The Labute approximate surface area is 103 Å². The highest BCUT2D eigenvalue weighted by Gasteiger charge is 2.05. The summed E-state index contributed by atoms with van der Waals surface area (Å²) in [5.74, 6) is 1.91. The molecule has 2 N–H and O–H groups in total. The molecular formula is C13H22N2S. The van der Waals surface area contributed by atoms with Crippen LogP contribution in [-0.2, 0) is 6.42 Å². The fraction of sp³-hybridized carbons (Fsp3) is 0.615. The molecule has 0 fully saturated rings. The normalized spacial score (nSPS) is 12.8. The minimum absolute atomic E-state index is 0.695. The summed E-state index contributed by atoms with van der Waals surface area (Å²) in [6.07, 6.45) is 4.11. The van der Waals surface area contributed by atoms with Gasteiger partial charge < -0.3 is 5.73 Å². The molecule has 0 saturated heterocycles. The van der Waals surface area contributed by atoms with Gasteiger partial charge in [0.25, 0.3) is 0 Å². The maximum atomic E-state index is 5.53. The number of hydrogen-bond acceptors (Lipinski definition) is 3. The van der Waals surface area contributed by atoms with Gasteiger partial charge in [0, 0.05) is 11.9 Å². The van der Waals surface area contributed by atoms with E-state index < -0.39 is 0 Å². The van der Waals surface area contributed by atoms with Crippen molar-refractivity contribution in [1.82, 2.24) is 4.98 Å². The molecule has 0 radical (unpaired) electrons. The largest absolute Gasteiger partial charge is 0.330 e. The molecule has 1 aromatic heterocycles. The van der Waals surface area contributed by atoms with Crippen LogP contribution in [0, 0.1) is 12.8 Å². The Balaban J connectivity index is 2.60. The van der Waals surface area contributed by atoms with E-state index in [9.17, 15) is 0 Å². The van der Waals surface area contributed by atoms with Gasteiger partial charge in [0.1, 0.15) is 0 Å². The van der Waals surface area contributed by atoms with Crippen LogP contribution < -0.4 is 5.73 Å². The van der Waals surface area contributed by atoms with Crippen molar-refractivity contribution in [3.63, 3.8) is 0 Å². The molecule has 0 aromatic carbocycles. The third kappa shape index (κ3) is 4.14. The van der Waals surface area contributed by atoms with E-state index in [2.05, 4.69) is 31.8 Å². The molecule has 1 rings (SSSR count). The molecule has 0 aliphatic rings. The molecule has 0 aliphatic heterocycles. The summed E-state index contributed by atoms with van der Waals surface area (Å²) >= 11 is 1.86. The predicted molar refractivity (Wildman–Crippen MR) is 71.9 cm³/mol. The molecule has 1 aromatic rings. The molecule has 3 heteroatoms. The van der Waals surface area contributed by atoms with Crippen LogP contribution >= 0.6 is 11.8 Å². The highest BCUT2D eigenvalue weighted by atomic mass is 32.2. The number of thioether (sulfide) groups is 1. The van der Waals surface area contributed by atoms with E-state index in [-0.39, 0.29) is 0 Å². The van der Waals surface area contributed by atoms with Gasteiger partial charge in [-0.15, -0.1) is 11.8 Å². The van der Waals surface area contributed by atoms with E-state index >= 15 is 0 Å². The van der Waals surface area contributed by atoms with Gasteiger partial charge >= 0.3 is 0 Å². The first-order valence-electron chi connectivity index (χ1n) is 5.95. The van der Waals surface area contributed by atoms with Crippen LogP contribution in [0.2, 0.25) is 0 Å². The molecule has 0 saturated carbocycles. The highest BCUT2D eigenvalue weighted by Crippen LogP contribution is 2.23. The zero-order valence-electron chi connectivity index (χ0n) is 10.5. The van der Waals surface area contributed by atoms with Crippen molar-refractivity contribution in [2.45, 2.75) is 38.6 Å². The molecule has 2 nitrogen and oxygen atoms in total. The quantitative estimate of drug-likeness (QED) is 0.774. The third-order valence-corrected chi connectivity index (χ3v) is 4.16. The summed E-state index contributed by atoms with van der Waals surface area (Å²) in [4.78, 5) is 4.51. The number of hydrogen-bond donors (Lipinski definition) is 1. The second-order valence-corrected chi connectivity index (χ2v) is 5.34. The van der Waals surface area contributed by atoms with Crippen LogP contribution in [0.4, 0.5) is 0 Å². The lowest BCUT2D eigenvalue weighted by Crippen LogP contribution is -2.04. The predicted octanol–water partition coefficient (Wildman–Crippen LogP) is 3.03. The van der Waals surface area contributed by atoms with Gasteiger partial charge in [0.05, 0.1) is 5.03 Å². The van der Waals surface area contributed by atoms with Gasteiger partial charge in [0.2, 0.25) is 0 Å². The number of rotatable bonds is 6. The maximum absolute atomic E-state index is 5.53. The Bertz CT molecular complexity index is 326. The zero-order valence-corrected chi connectivity index (χ0v) is 11.3. The lowest BCUT2D eigenvalue weighted by Gasteiger charge is -2.10. The van der Waals surface area contributed by atoms with Gasteiger partial charge in [-0.05, 0) is 36.9 Å². The van der Waals surface area contributed by atoms with Crippen molar-refractivity contribution < 1.29 is 0 Å². The third-order valence-electron chi connectivity index (χ3n) is 2.72. The van der Waals surface area contributed by atoms with Gasteiger partial charge in [-0.1, -0.05) is 26.3 Å². The monoisotopic (exact) mass is 238 g/mol. The van der Waals surface area contributed by atoms with E-state index in [1.54, 1.807) is 0 Å². The van der Waals surface area contributed by atoms with E-state index in [1.165, 1.54) is 22.6 Å². The summed E-state index contributed by atoms with van der Waals surface area (Å²) in [5, 5.41) is 1.17. The van der Waals surface area contributed by atoms with E-state index in [1.807, 2.05) is 18.0 Å². The van der Waals surface area contributed by atoms with Gasteiger partial charge in [-0.2, -0.15) is 0 Å². The number of nitrogens with two attached hydrogens (primary N) is 1. The summed E-state index contributed by atoms with van der Waals surface area (Å²) in [6, 6.07) is 2.21. The second-order valence-electron chi connectivity index (χ2n) is 4.33. The standard InChI is InChI=1S/C13H22N2S/c1-4-10(2)9-16-13-11(3)7-12(5-6-14)8-15-13/h7-8,10H,4-6,9,14H2,1-3H3. The lowest BCUT2D eigenvalue weighted by atomic mass is 10.2. The molecule has 0 bridgehead atoms. The van der Waals surface area contributed by atoms with Gasteiger partial charge in [0.15, 0.2) is 0 Å². The molecule has 1 unspecified atom stereocenters. The number of nitrogens with zero attached hydrogens (tertiary/aromatic N) is 1. The van der Waals surface area contributed by atoms with Gasteiger partial charge in [-0.25, -0.2) is 4.98 Å². The second kappa shape index (κ2) is 6.92. The fourth-order valence-corrected chi connectivity index (χ4v) is 2.51. The van der Waals surface area contributed by atoms with Crippen LogP contribution in [0.15, 0.2) is 17.3 Å². The SMILES string of the molecule is CCC(C)CSc1ncc(CCN)cc1C. The summed E-state index contributed by atoms with van der Waals surface area (Å²) in [6.45, 7) is 7.34. The van der Waals surface area contributed by atoms with Crippen LogP contribution in [0.25, 0.3) is 0 Å². The first-order chi connectivity index (χ1) is 7.67. The van der Waals surface area contributed by atoms with Crippen LogP contribution in [0.1, 0.15) is 31.4 Å². The van der Waals surface area contributed by atoms with Crippen molar-refractivity contribution in [3.05, 3.63) is 23.4 Å². The molecule has 0 amide bonds. The van der Waals surface area contributed by atoms with Crippen LogP contribution in [-0.4, -0.2) is 17.3 Å². The zero-order chi connectivity index (χ0) is 12.0. The number of aryl methyl sites for hydroxylation is 1. The Hall–Kier alpha value is -0.540. The Morgan fingerprint density at radius 2 is 2.25 bits per heavy atom. The molecule has 1 atom stereocenters. The summed E-state index contributed by atoms with van der Waals surface area (Å²) < 4.78 is 0. The van der Waals surface area contributed by atoms with Crippen molar-refractivity contribution in [2.24, 2.45) is 11.7 Å². The lowest BCUT2D eigenvalue weighted by molar-refractivity contribution is 0.636. The molecule has 0 spiro atoms. The van der Waals surface area contributed by atoms with Crippen LogP contribution in [0.3, 0.4) is 0 Å². The molecule has 1 heterocycles. The van der Waals surface area contributed by atoms with Crippen molar-refractivity contribution in [3.8, 4) is 0 Å². The van der Waals surface area contributed by atoms with Crippen molar-refractivity contribution in [1.29, 1.82) is 0 Å². The minimum atomic E-state index is 0.695. The Morgan fingerprint density at radius 3 is 2.81 bits per heavy atom. The number of pyridine rings is 1. The first kappa shape index (κ1) is 13.5. The summed E-state index contributed by atoms with van der Waals surface area (Å²) in [7, 11) is 0. The highest BCUT2D eigenvalue weighted by molar-refractivity contribution is 7.99. The maximum Gasteiger partial charge on any atom is 0.0989 e. The van der Waals surface area contributed by atoms with E-state index in [4.69, 9.17) is 5.73 Å². The Kier molecular flexibility index (Phi) is 5.85. The molecule has 90 valence electrons. The van der Waals surface area contributed by atoms with Gasteiger partial charge in [-0.3, -0.25) is 0 Å².